The van der Waals surface area contributed by atoms with Crippen LogP contribution in [0.3, 0.4) is 0 Å². The molecule has 0 radical (unpaired) electrons. The van der Waals surface area contributed by atoms with Crippen molar-refractivity contribution in [1.29, 1.82) is 0 Å². The second kappa shape index (κ2) is 58.3. The van der Waals surface area contributed by atoms with Gasteiger partial charge in [-0.25, -0.2) is 0 Å². The van der Waals surface area contributed by atoms with Crippen molar-refractivity contribution in [3.63, 3.8) is 0 Å². The number of quaternary nitrogens is 1. The van der Waals surface area contributed by atoms with Crippen LogP contribution in [-0.2, 0) is 32.7 Å². The molecule has 0 aliphatic heterocycles. The Hall–Kier alpha value is -3.33. The van der Waals surface area contributed by atoms with E-state index in [4.69, 9.17) is 18.5 Å². The van der Waals surface area contributed by atoms with Gasteiger partial charge in [-0.1, -0.05) is 258 Å². The third-order valence-corrected chi connectivity index (χ3v) is 14.3. The number of hydrogen-bond donors (Lipinski definition) is 0. The number of carbonyl (C=O) groups is 2. The van der Waals surface area contributed by atoms with E-state index in [0.29, 0.717) is 17.4 Å². The summed E-state index contributed by atoms with van der Waals surface area (Å²) in [5, 5.41) is 0. The highest BCUT2D eigenvalue weighted by molar-refractivity contribution is 7.45. The number of unbranched alkanes of at least 4 members (excludes halogenated alkanes) is 25. The van der Waals surface area contributed by atoms with Gasteiger partial charge in [0, 0.05) is 12.8 Å². The monoisotopic (exact) mass is 1110 g/mol. The molecule has 0 aliphatic rings. The van der Waals surface area contributed by atoms with E-state index in [1.807, 2.05) is 21.1 Å². The maximum absolute atomic E-state index is 12.8. The minimum atomic E-state index is -4.65. The first-order valence-corrected chi connectivity index (χ1v) is 33.1. The summed E-state index contributed by atoms with van der Waals surface area (Å²) in [6.07, 6.45) is 81.5. The van der Waals surface area contributed by atoms with Gasteiger partial charge in [0.05, 0.1) is 27.7 Å². The van der Waals surface area contributed by atoms with E-state index in [0.717, 1.165) is 109 Å². The lowest BCUT2D eigenvalue weighted by atomic mass is 10.0. The van der Waals surface area contributed by atoms with Gasteiger partial charge >= 0.3 is 11.9 Å². The summed E-state index contributed by atoms with van der Waals surface area (Å²) < 4.78 is 34.2. The number of likely N-dealkylation sites (N-methyl/N-ethyl adjacent to an activating group) is 1. The first kappa shape index (κ1) is 74.7. The van der Waals surface area contributed by atoms with E-state index in [1.54, 1.807) is 0 Å². The minimum Gasteiger partial charge on any atom is -0.756 e. The van der Waals surface area contributed by atoms with Crippen molar-refractivity contribution in [2.24, 2.45) is 0 Å². The molecule has 0 saturated heterocycles. The Labute approximate surface area is 480 Å². The molecule has 78 heavy (non-hydrogen) atoms. The van der Waals surface area contributed by atoms with Crippen molar-refractivity contribution in [2.75, 3.05) is 47.5 Å². The number of hydrogen-bond acceptors (Lipinski definition) is 8. The molecule has 0 amide bonds. The number of ether oxygens (including phenoxy) is 2. The standard InChI is InChI=1S/C68H118NO8P/c1-6-8-10-12-14-16-18-20-22-24-26-28-29-30-31-32-33-34-35-36-37-38-39-41-43-45-47-49-51-53-55-57-59-61-68(71)77-66(65-76-78(72,73)75-63-62-69(3,4)5)64-74-67(70)60-58-56-54-52-50-48-46-44-42-40-27-25-23-21-19-17-15-13-11-9-7-2/h8-11,14-17,20-23,26-28,30-31,40,66H,6-7,12-13,18-19,24-25,29,32-39,41-65H2,1-5H3/b10-8-,11-9-,16-14-,17-15-,22-20-,23-21-,28-26-,31-30-,40-27-. The Morgan fingerprint density at radius 1 is 0.397 bits per heavy atom. The lowest BCUT2D eigenvalue weighted by Gasteiger charge is -2.28. The van der Waals surface area contributed by atoms with E-state index in [9.17, 15) is 19.0 Å². The van der Waals surface area contributed by atoms with Gasteiger partial charge in [-0.3, -0.25) is 14.2 Å². The van der Waals surface area contributed by atoms with Crippen LogP contribution in [0.1, 0.15) is 258 Å². The van der Waals surface area contributed by atoms with Gasteiger partial charge < -0.3 is 27.9 Å². The zero-order valence-corrected chi connectivity index (χ0v) is 51.7. The van der Waals surface area contributed by atoms with E-state index in [1.165, 1.54) is 116 Å². The zero-order chi connectivity index (χ0) is 57.0. The van der Waals surface area contributed by atoms with Crippen molar-refractivity contribution in [2.45, 2.75) is 264 Å². The van der Waals surface area contributed by atoms with Crippen molar-refractivity contribution in [3.8, 4) is 0 Å². The molecular formula is C68H118NO8P. The molecule has 0 heterocycles. The van der Waals surface area contributed by atoms with Crippen LogP contribution in [0, 0.1) is 0 Å². The maximum Gasteiger partial charge on any atom is 0.306 e. The molecule has 0 spiro atoms. The van der Waals surface area contributed by atoms with Crippen molar-refractivity contribution >= 4 is 19.8 Å². The van der Waals surface area contributed by atoms with E-state index in [-0.39, 0.29) is 26.1 Å². The van der Waals surface area contributed by atoms with Crippen LogP contribution in [0.4, 0.5) is 0 Å². The van der Waals surface area contributed by atoms with Gasteiger partial charge in [0.25, 0.3) is 7.82 Å². The molecule has 0 aromatic rings. The van der Waals surface area contributed by atoms with Crippen molar-refractivity contribution < 1.29 is 42.1 Å². The average molecular weight is 1110 g/mol. The molecule has 0 rings (SSSR count). The molecule has 0 aromatic heterocycles. The Balaban J connectivity index is 4.09. The predicted molar refractivity (Wildman–Crippen MR) is 332 cm³/mol. The Bertz CT molecular complexity index is 1680. The smallest absolute Gasteiger partial charge is 0.306 e. The number of carbonyl (C=O) groups excluding carboxylic acids is 2. The van der Waals surface area contributed by atoms with E-state index < -0.39 is 32.5 Å². The highest BCUT2D eigenvalue weighted by Crippen LogP contribution is 2.38. The molecule has 448 valence electrons. The van der Waals surface area contributed by atoms with Crippen LogP contribution in [0.25, 0.3) is 0 Å². The Morgan fingerprint density at radius 3 is 1.03 bits per heavy atom. The summed E-state index contributed by atoms with van der Waals surface area (Å²) >= 11 is 0. The molecular weight excluding hydrogens is 990 g/mol. The molecule has 0 saturated carbocycles. The third-order valence-electron chi connectivity index (χ3n) is 13.3. The fourth-order valence-electron chi connectivity index (χ4n) is 8.50. The van der Waals surface area contributed by atoms with Gasteiger partial charge in [-0.15, -0.1) is 0 Å². The summed E-state index contributed by atoms with van der Waals surface area (Å²) in [6.45, 7) is 4.01. The predicted octanol–water partition coefficient (Wildman–Crippen LogP) is 19.5. The minimum absolute atomic E-state index is 0.0360. The molecule has 0 aromatic carbocycles. The van der Waals surface area contributed by atoms with Crippen LogP contribution in [0.15, 0.2) is 109 Å². The molecule has 0 N–H and O–H groups in total. The highest BCUT2D eigenvalue weighted by Gasteiger charge is 2.22. The molecule has 0 bridgehead atoms. The zero-order valence-electron chi connectivity index (χ0n) is 50.8. The lowest BCUT2D eigenvalue weighted by molar-refractivity contribution is -0.870. The van der Waals surface area contributed by atoms with Gasteiger partial charge in [-0.05, 0) is 96.3 Å². The number of phosphoric ester groups is 1. The first-order valence-electron chi connectivity index (χ1n) is 31.6. The highest BCUT2D eigenvalue weighted by atomic mass is 31.2. The molecule has 0 fully saturated rings. The van der Waals surface area contributed by atoms with E-state index in [2.05, 4.69) is 123 Å². The summed E-state index contributed by atoms with van der Waals surface area (Å²) in [7, 11) is 1.16. The van der Waals surface area contributed by atoms with Gasteiger partial charge in [-0.2, -0.15) is 0 Å². The lowest BCUT2D eigenvalue weighted by Crippen LogP contribution is -2.37. The third kappa shape index (κ3) is 61.9. The van der Waals surface area contributed by atoms with Crippen LogP contribution >= 0.6 is 7.82 Å². The van der Waals surface area contributed by atoms with Crippen LogP contribution in [-0.4, -0.2) is 70.0 Å². The van der Waals surface area contributed by atoms with Crippen molar-refractivity contribution in [1.82, 2.24) is 0 Å². The topological polar surface area (TPSA) is 111 Å². The Kier molecular flexibility index (Phi) is 55.8. The van der Waals surface area contributed by atoms with Gasteiger partial charge in [0.1, 0.15) is 19.8 Å². The van der Waals surface area contributed by atoms with Gasteiger partial charge in [0.2, 0.25) is 0 Å². The SMILES string of the molecule is CC/C=C\C/C=C\C/C=C\C/C=C\C/C=C\CCCCCCCCCCCCCCCCCCCC(=O)OC(COC(=O)CCCCCCCCCC/C=C\C/C=C\C/C=C\C/C=C\CC)COP(=O)([O-])OCC[N+](C)(C)C. The average Bonchev–Trinajstić information content (AvgIpc) is 3.41. The maximum atomic E-state index is 12.8. The summed E-state index contributed by atoms with van der Waals surface area (Å²) in [6, 6.07) is 0. The number of esters is 2. The number of allylic oxidation sites excluding steroid dienone is 18. The fraction of sp³-hybridized carbons (Fsp3) is 0.706. The van der Waals surface area contributed by atoms with Crippen LogP contribution in [0.5, 0.6) is 0 Å². The van der Waals surface area contributed by atoms with Crippen LogP contribution in [0.2, 0.25) is 0 Å². The summed E-state index contributed by atoms with van der Waals surface area (Å²) in [5.74, 6) is -0.841. The first-order chi connectivity index (χ1) is 38.0. The molecule has 10 heteroatoms. The molecule has 2 unspecified atom stereocenters. The quantitative estimate of drug-likeness (QED) is 0.0195. The van der Waals surface area contributed by atoms with E-state index >= 15 is 0 Å². The second-order valence-electron chi connectivity index (χ2n) is 22.0. The second-order valence-corrected chi connectivity index (χ2v) is 23.4. The molecule has 2 atom stereocenters. The number of rotatable bonds is 57. The normalized spacial score (nSPS) is 14.0. The number of nitrogens with zero attached hydrogens (tertiary/aromatic N) is 1. The fourth-order valence-corrected chi connectivity index (χ4v) is 9.23. The largest absolute Gasteiger partial charge is 0.756 e. The molecule has 9 nitrogen and oxygen atoms in total. The molecule has 0 aliphatic carbocycles. The van der Waals surface area contributed by atoms with Crippen LogP contribution < -0.4 is 4.89 Å². The summed E-state index contributed by atoms with van der Waals surface area (Å²) in [4.78, 5) is 38.0. The van der Waals surface area contributed by atoms with Gasteiger partial charge in [0.15, 0.2) is 6.10 Å². The Morgan fingerprint density at radius 2 is 0.692 bits per heavy atom. The summed E-state index contributed by atoms with van der Waals surface area (Å²) in [5.41, 5.74) is 0. The van der Waals surface area contributed by atoms with Crippen molar-refractivity contribution in [3.05, 3.63) is 109 Å². The number of phosphoric acid groups is 1.